The van der Waals surface area contributed by atoms with Gasteiger partial charge in [0.15, 0.2) is 4.80 Å². The van der Waals surface area contributed by atoms with Crippen LogP contribution in [0.15, 0.2) is 53.5 Å². The number of aromatic nitrogens is 1. The average Bonchev–Trinajstić information content (AvgIpc) is 2.87. The monoisotopic (exact) mass is 320 g/mol. The van der Waals surface area contributed by atoms with Crippen molar-refractivity contribution in [2.45, 2.75) is 19.9 Å². The van der Waals surface area contributed by atoms with Crippen molar-refractivity contribution in [3.8, 4) is 12.3 Å². The fraction of sp³-hybridized carbons (Fsp3) is 0.158. The molecule has 23 heavy (non-hydrogen) atoms. The molecule has 4 heteroatoms. The van der Waals surface area contributed by atoms with Gasteiger partial charge in [-0.15, -0.1) is 6.42 Å². The maximum absolute atomic E-state index is 12.3. The topological polar surface area (TPSA) is 34.4 Å². The minimum absolute atomic E-state index is 0.161. The Balaban J connectivity index is 2.05. The van der Waals surface area contributed by atoms with Crippen molar-refractivity contribution in [2.75, 3.05) is 0 Å². The van der Waals surface area contributed by atoms with Gasteiger partial charge in [-0.2, -0.15) is 4.99 Å². The van der Waals surface area contributed by atoms with Crippen molar-refractivity contribution in [1.82, 2.24) is 4.57 Å². The number of hydrogen-bond acceptors (Lipinski definition) is 2. The maximum atomic E-state index is 12.3. The van der Waals surface area contributed by atoms with E-state index in [0.29, 0.717) is 17.8 Å². The second kappa shape index (κ2) is 6.64. The quantitative estimate of drug-likeness (QED) is 0.682. The molecule has 0 spiro atoms. The van der Waals surface area contributed by atoms with Crippen molar-refractivity contribution in [1.29, 1.82) is 0 Å². The highest BCUT2D eigenvalue weighted by molar-refractivity contribution is 7.16. The first-order chi connectivity index (χ1) is 11.2. The zero-order valence-electron chi connectivity index (χ0n) is 12.8. The molecule has 114 valence electrons. The lowest BCUT2D eigenvalue weighted by Gasteiger charge is -2.02. The van der Waals surface area contributed by atoms with E-state index in [-0.39, 0.29) is 5.91 Å². The summed E-state index contributed by atoms with van der Waals surface area (Å²) < 4.78 is 3.03. The van der Waals surface area contributed by atoms with E-state index in [1.165, 1.54) is 11.3 Å². The second-order valence-corrected chi connectivity index (χ2v) is 6.27. The predicted octanol–water partition coefficient (Wildman–Crippen LogP) is 3.31. The van der Waals surface area contributed by atoms with Crippen LogP contribution in [0.3, 0.4) is 0 Å². The molecule has 0 radical (unpaired) electrons. The Bertz CT molecular complexity index is 958. The van der Waals surface area contributed by atoms with Crippen molar-refractivity contribution in [3.05, 3.63) is 64.5 Å². The molecule has 2 aromatic carbocycles. The van der Waals surface area contributed by atoms with Gasteiger partial charge < -0.3 is 4.57 Å². The summed E-state index contributed by atoms with van der Waals surface area (Å²) in [6.07, 6.45) is 5.79. The van der Waals surface area contributed by atoms with Gasteiger partial charge in [0.2, 0.25) is 0 Å². The number of hydrogen-bond donors (Lipinski definition) is 0. The van der Waals surface area contributed by atoms with Gasteiger partial charge in [-0.25, -0.2) is 0 Å². The molecule has 3 rings (SSSR count). The molecule has 0 saturated carbocycles. The highest BCUT2D eigenvalue weighted by Crippen LogP contribution is 2.20. The molecule has 0 unspecified atom stereocenters. The number of para-hydroxylation sites is 1. The molecule has 0 saturated heterocycles. The molecule has 0 atom stereocenters. The first kappa shape index (κ1) is 15.3. The summed E-state index contributed by atoms with van der Waals surface area (Å²) in [7, 11) is 0. The number of nitrogens with zero attached hydrogens (tertiary/aromatic N) is 2. The predicted molar refractivity (Wildman–Crippen MR) is 94.1 cm³/mol. The van der Waals surface area contributed by atoms with Crippen molar-refractivity contribution < 1.29 is 4.79 Å². The van der Waals surface area contributed by atoms with Crippen molar-refractivity contribution in [2.24, 2.45) is 4.99 Å². The first-order valence-corrected chi connectivity index (χ1v) is 8.14. The summed E-state index contributed by atoms with van der Waals surface area (Å²) in [5, 5.41) is 0. The van der Waals surface area contributed by atoms with Crippen LogP contribution in [-0.2, 0) is 17.8 Å². The van der Waals surface area contributed by atoms with Gasteiger partial charge in [0.25, 0.3) is 5.91 Å². The Labute approximate surface area is 138 Å². The van der Waals surface area contributed by atoms with Crippen LogP contribution in [0.5, 0.6) is 0 Å². The van der Waals surface area contributed by atoms with Crippen LogP contribution in [-0.4, -0.2) is 10.5 Å². The van der Waals surface area contributed by atoms with Crippen molar-refractivity contribution in [3.63, 3.8) is 0 Å². The summed E-state index contributed by atoms with van der Waals surface area (Å²) >= 11 is 1.50. The minimum Gasteiger partial charge on any atom is -0.304 e. The van der Waals surface area contributed by atoms with Crippen LogP contribution < -0.4 is 4.80 Å². The summed E-state index contributed by atoms with van der Waals surface area (Å²) in [6, 6.07) is 15.7. The Morgan fingerprint density at radius 1 is 1.22 bits per heavy atom. The molecule has 0 aliphatic rings. The van der Waals surface area contributed by atoms with Gasteiger partial charge in [-0.3, -0.25) is 4.79 Å². The number of amides is 1. The van der Waals surface area contributed by atoms with E-state index in [2.05, 4.69) is 10.9 Å². The summed E-state index contributed by atoms with van der Waals surface area (Å²) in [4.78, 5) is 17.2. The highest BCUT2D eigenvalue weighted by Gasteiger charge is 2.09. The van der Waals surface area contributed by atoms with E-state index < -0.39 is 0 Å². The van der Waals surface area contributed by atoms with Crippen LogP contribution in [0.25, 0.3) is 10.2 Å². The summed E-state index contributed by atoms with van der Waals surface area (Å²) in [6.45, 7) is 2.44. The molecule has 3 nitrogen and oxygen atoms in total. The standard InChI is InChI=1S/C19H16N2OS/c1-3-12-21-18-14(2)8-7-11-16(18)23-19(21)20-17(22)13-15-9-5-4-6-10-15/h1,4-11H,12-13H2,2H3. The van der Waals surface area contributed by atoms with Crippen LogP contribution in [0.2, 0.25) is 0 Å². The number of fused-ring (bicyclic) bond motifs is 1. The molecule has 3 aromatic rings. The van der Waals surface area contributed by atoms with E-state index in [1.54, 1.807) is 0 Å². The molecule has 1 amide bonds. The molecular formula is C19H16N2OS. The molecular weight excluding hydrogens is 304 g/mol. The number of terminal acetylenes is 1. The number of thiazole rings is 1. The van der Waals surface area contributed by atoms with E-state index in [4.69, 9.17) is 6.42 Å². The van der Waals surface area contributed by atoms with Crippen molar-refractivity contribution >= 4 is 27.5 Å². The van der Waals surface area contributed by atoms with Gasteiger partial charge >= 0.3 is 0 Å². The van der Waals surface area contributed by atoms with Crippen LogP contribution in [0.1, 0.15) is 11.1 Å². The van der Waals surface area contributed by atoms with Crippen LogP contribution >= 0.6 is 11.3 Å². The third-order valence-electron chi connectivity index (χ3n) is 3.57. The van der Waals surface area contributed by atoms with Crippen LogP contribution in [0, 0.1) is 19.3 Å². The lowest BCUT2D eigenvalue weighted by atomic mass is 10.1. The minimum atomic E-state index is -0.161. The normalized spacial score (nSPS) is 11.6. The molecule has 0 aliphatic heterocycles. The van der Waals surface area contributed by atoms with Gasteiger partial charge in [0.1, 0.15) is 0 Å². The SMILES string of the molecule is C#CCn1c(=NC(=O)Cc2ccccc2)sc2cccc(C)c21. The lowest BCUT2D eigenvalue weighted by molar-refractivity contribution is -0.117. The molecule has 1 heterocycles. The summed E-state index contributed by atoms with van der Waals surface area (Å²) in [5.74, 6) is 2.49. The summed E-state index contributed by atoms with van der Waals surface area (Å²) in [5.41, 5.74) is 3.15. The lowest BCUT2D eigenvalue weighted by Crippen LogP contribution is -2.17. The fourth-order valence-corrected chi connectivity index (χ4v) is 3.67. The molecule has 0 N–H and O–H groups in total. The second-order valence-electron chi connectivity index (χ2n) is 5.26. The Morgan fingerprint density at radius 3 is 2.74 bits per heavy atom. The highest BCUT2D eigenvalue weighted by atomic mass is 32.1. The molecule has 0 aliphatic carbocycles. The third kappa shape index (κ3) is 3.25. The number of benzene rings is 2. The molecule has 1 aromatic heterocycles. The maximum Gasteiger partial charge on any atom is 0.252 e. The smallest absolute Gasteiger partial charge is 0.252 e. The van der Waals surface area contributed by atoms with Gasteiger partial charge in [-0.05, 0) is 24.1 Å². The zero-order valence-corrected chi connectivity index (χ0v) is 13.6. The Kier molecular flexibility index (Phi) is 4.40. The third-order valence-corrected chi connectivity index (χ3v) is 4.61. The Morgan fingerprint density at radius 2 is 2.00 bits per heavy atom. The van der Waals surface area contributed by atoms with E-state index in [1.807, 2.05) is 60.0 Å². The Hall–Kier alpha value is -2.64. The van der Waals surface area contributed by atoms with Gasteiger partial charge in [0, 0.05) is 0 Å². The zero-order chi connectivity index (χ0) is 16.2. The van der Waals surface area contributed by atoms with E-state index in [9.17, 15) is 4.79 Å². The molecule has 0 bridgehead atoms. The fourth-order valence-electron chi connectivity index (χ4n) is 2.55. The van der Waals surface area contributed by atoms with Gasteiger partial charge in [0.05, 0.1) is 23.2 Å². The average molecular weight is 320 g/mol. The number of rotatable bonds is 3. The van der Waals surface area contributed by atoms with Crippen LogP contribution in [0.4, 0.5) is 0 Å². The largest absolute Gasteiger partial charge is 0.304 e. The van der Waals surface area contributed by atoms with E-state index >= 15 is 0 Å². The van der Waals surface area contributed by atoms with Gasteiger partial charge in [-0.1, -0.05) is 59.7 Å². The van der Waals surface area contributed by atoms with E-state index in [0.717, 1.165) is 21.3 Å². The number of carbonyl (C=O) groups excluding carboxylic acids is 1. The first-order valence-electron chi connectivity index (χ1n) is 7.33. The number of carbonyl (C=O) groups is 1. The number of aryl methyl sites for hydroxylation is 1. The molecule has 0 fully saturated rings.